The van der Waals surface area contributed by atoms with Crippen LogP contribution in [0.3, 0.4) is 0 Å². The van der Waals surface area contributed by atoms with Crippen LogP contribution in [0.2, 0.25) is 0 Å². The zero-order valence-electron chi connectivity index (χ0n) is 19.9. The Labute approximate surface area is 207 Å². The van der Waals surface area contributed by atoms with Crippen LogP contribution >= 0.6 is 0 Å². The fourth-order valence-electron chi connectivity index (χ4n) is 2.58. The number of rotatable bonds is 8. The van der Waals surface area contributed by atoms with Crippen molar-refractivity contribution in [1.29, 1.82) is 0 Å². The lowest BCUT2D eigenvalue weighted by Crippen LogP contribution is -2.14. The van der Waals surface area contributed by atoms with Crippen molar-refractivity contribution < 1.29 is 38.5 Å². The number of carbonyl (C=O) groups excluding carboxylic acids is 4. The molecule has 8 heteroatoms. The van der Waals surface area contributed by atoms with Crippen molar-refractivity contribution >= 4 is 23.9 Å². The van der Waals surface area contributed by atoms with Crippen LogP contribution in [0.5, 0.6) is 0 Å². The van der Waals surface area contributed by atoms with Gasteiger partial charge in [0.25, 0.3) is 0 Å². The molecule has 0 bridgehead atoms. The summed E-state index contributed by atoms with van der Waals surface area (Å²) in [6.07, 6.45) is 3.53. The molecule has 0 saturated carbocycles. The number of unbranched alkanes of at least 4 members (excludes halogenated alkanes) is 1. The topological polar surface area (TPSA) is 116 Å². The van der Waals surface area contributed by atoms with Crippen LogP contribution in [0.1, 0.15) is 95.3 Å². The summed E-state index contributed by atoms with van der Waals surface area (Å²) in [7, 11) is 0. The summed E-state index contributed by atoms with van der Waals surface area (Å²) in [5.41, 5.74) is 1.23. The highest BCUT2D eigenvalue weighted by Crippen LogP contribution is 2.18. The van der Waals surface area contributed by atoms with E-state index in [4.69, 9.17) is 14.6 Å². The molecular formula is C27H36O8. The van der Waals surface area contributed by atoms with Gasteiger partial charge in [-0.15, -0.1) is 0 Å². The maximum absolute atomic E-state index is 11.8. The maximum Gasteiger partial charge on any atom is 0.346 e. The third kappa shape index (κ3) is 10.5. The van der Waals surface area contributed by atoms with Crippen LogP contribution in [0.25, 0.3) is 0 Å². The van der Waals surface area contributed by atoms with Crippen molar-refractivity contribution in [3.05, 3.63) is 70.8 Å². The van der Waals surface area contributed by atoms with Crippen molar-refractivity contribution in [2.75, 3.05) is 19.8 Å². The molecule has 0 amide bonds. The van der Waals surface area contributed by atoms with Gasteiger partial charge in [0.15, 0.2) is 0 Å². The highest BCUT2D eigenvalue weighted by Gasteiger charge is 2.28. The van der Waals surface area contributed by atoms with Crippen molar-refractivity contribution in [2.24, 2.45) is 0 Å². The molecule has 1 aliphatic heterocycles. The molecule has 0 aromatic heterocycles. The number of ether oxygens (including phenoxy) is 3. The van der Waals surface area contributed by atoms with Crippen molar-refractivity contribution in [3.8, 4) is 0 Å². The summed E-state index contributed by atoms with van der Waals surface area (Å²) < 4.78 is 14.4. The molecule has 3 rings (SSSR count). The average molecular weight is 489 g/mol. The monoisotopic (exact) mass is 488 g/mol. The first kappa shape index (κ1) is 31.5. The molecule has 0 aliphatic carbocycles. The van der Waals surface area contributed by atoms with E-state index in [1.807, 2.05) is 13.8 Å². The van der Waals surface area contributed by atoms with Crippen molar-refractivity contribution in [2.45, 2.75) is 53.9 Å². The normalized spacial score (nSPS) is 10.9. The summed E-state index contributed by atoms with van der Waals surface area (Å²) >= 11 is 0. The Balaban J connectivity index is 0.000000575. The molecule has 0 fully saturated rings. The first-order valence-electron chi connectivity index (χ1n) is 11.3. The molecule has 1 N–H and O–H groups in total. The second kappa shape index (κ2) is 17.9. The third-order valence-corrected chi connectivity index (χ3v) is 4.31. The van der Waals surface area contributed by atoms with Gasteiger partial charge < -0.3 is 19.3 Å². The molecule has 1 aliphatic rings. The predicted molar refractivity (Wildman–Crippen MR) is 133 cm³/mol. The van der Waals surface area contributed by atoms with E-state index in [2.05, 4.69) is 11.7 Å². The lowest BCUT2D eigenvalue weighted by molar-refractivity contribution is 0.0440. The zero-order valence-corrected chi connectivity index (χ0v) is 19.9. The van der Waals surface area contributed by atoms with E-state index >= 15 is 0 Å². The number of hydrogen-bond acceptors (Lipinski definition) is 8. The lowest BCUT2D eigenvalue weighted by Gasteiger charge is -2.08. The second-order valence-corrected chi connectivity index (χ2v) is 7.12. The molecular weight excluding hydrogens is 452 g/mol. The summed E-state index contributed by atoms with van der Waals surface area (Å²) in [6.45, 7) is 6.91. The Bertz CT molecular complexity index is 878. The number of cyclic esters (lactones) is 2. The van der Waals surface area contributed by atoms with E-state index in [1.54, 1.807) is 48.5 Å². The van der Waals surface area contributed by atoms with Gasteiger partial charge in [0.05, 0.1) is 35.5 Å². The standard InChI is InChI=1S/C14H18O4.C8H4O3.C4H10O.CH4/c1-3-9-17-13(15)11-7-5-6-8-12(11)14(16)18-10-4-2;9-7-5-3-1-2-4-6(5)8(10)11-7;1-2-3-4-5;/h5-8H,3-4,9-10H2,1-2H3;1-4H;5H,2-4H2,1H3;1H4. The minimum atomic E-state index is -0.550. The van der Waals surface area contributed by atoms with E-state index in [-0.39, 0.29) is 18.6 Å². The Morgan fingerprint density at radius 2 is 1.14 bits per heavy atom. The SMILES string of the molecule is C.CCCCO.CCCOC(=O)c1ccccc1C(=O)OCCC.O=C1OC(=O)c2ccccc21. The average Bonchev–Trinajstić information content (AvgIpc) is 3.15. The molecule has 0 radical (unpaired) electrons. The van der Waals surface area contributed by atoms with Gasteiger partial charge in [-0.3, -0.25) is 0 Å². The third-order valence-electron chi connectivity index (χ3n) is 4.31. The van der Waals surface area contributed by atoms with Gasteiger partial charge in [-0.1, -0.05) is 58.9 Å². The van der Waals surface area contributed by atoms with Gasteiger partial charge in [-0.05, 0) is 43.5 Å². The fraction of sp³-hybridized carbons (Fsp3) is 0.407. The molecule has 35 heavy (non-hydrogen) atoms. The van der Waals surface area contributed by atoms with E-state index in [0.717, 1.165) is 25.7 Å². The van der Waals surface area contributed by atoms with Crippen LogP contribution in [-0.2, 0) is 14.2 Å². The van der Waals surface area contributed by atoms with Crippen LogP contribution in [0.4, 0.5) is 0 Å². The minimum Gasteiger partial charge on any atom is -0.462 e. The molecule has 2 aromatic rings. The highest BCUT2D eigenvalue weighted by molar-refractivity contribution is 6.14. The molecule has 192 valence electrons. The summed E-state index contributed by atoms with van der Waals surface area (Å²) in [5, 5.41) is 8.07. The number of aliphatic hydroxyl groups excluding tert-OH is 1. The van der Waals surface area contributed by atoms with Crippen LogP contribution in [-0.4, -0.2) is 48.8 Å². The van der Waals surface area contributed by atoms with Gasteiger partial charge in [-0.2, -0.15) is 0 Å². The summed E-state index contributed by atoms with van der Waals surface area (Å²) in [6, 6.07) is 13.1. The van der Waals surface area contributed by atoms with Gasteiger partial charge in [0, 0.05) is 6.61 Å². The Hall–Kier alpha value is -3.52. The number of aliphatic hydroxyl groups is 1. The quantitative estimate of drug-likeness (QED) is 0.305. The van der Waals surface area contributed by atoms with Crippen molar-refractivity contribution in [1.82, 2.24) is 0 Å². The minimum absolute atomic E-state index is 0. The van der Waals surface area contributed by atoms with E-state index in [9.17, 15) is 19.2 Å². The number of esters is 4. The van der Waals surface area contributed by atoms with Crippen LogP contribution in [0, 0.1) is 0 Å². The molecule has 0 atom stereocenters. The van der Waals surface area contributed by atoms with Crippen LogP contribution < -0.4 is 0 Å². The van der Waals surface area contributed by atoms with Gasteiger partial charge in [-0.25, -0.2) is 19.2 Å². The molecule has 0 unspecified atom stereocenters. The Morgan fingerprint density at radius 1 is 0.743 bits per heavy atom. The lowest BCUT2D eigenvalue weighted by atomic mass is 10.1. The van der Waals surface area contributed by atoms with E-state index in [0.29, 0.717) is 30.9 Å². The Kier molecular flexibility index (Phi) is 16.1. The van der Waals surface area contributed by atoms with Crippen molar-refractivity contribution in [3.63, 3.8) is 0 Å². The van der Waals surface area contributed by atoms with Gasteiger partial charge >= 0.3 is 23.9 Å². The molecule has 0 spiro atoms. The largest absolute Gasteiger partial charge is 0.462 e. The second-order valence-electron chi connectivity index (χ2n) is 7.12. The fourth-order valence-corrected chi connectivity index (χ4v) is 2.58. The van der Waals surface area contributed by atoms with E-state index in [1.165, 1.54) is 0 Å². The number of hydrogen-bond donors (Lipinski definition) is 1. The number of carbonyl (C=O) groups is 4. The highest BCUT2D eigenvalue weighted by atomic mass is 16.6. The van der Waals surface area contributed by atoms with Crippen LogP contribution in [0.15, 0.2) is 48.5 Å². The first-order valence-corrected chi connectivity index (χ1v) is 11.3. The summed E-state index contributed by atoms with van der Waals surface area (Å²) in [4.78, 5) is 45.2. The zero-order chi connectivity index (χ0) is 25.3. The maximum atomic E-state index is 11.8. The molecule has 8 nitrogen and oxygen atoms in total. The van der Waals surface area contributed by atoms with Gasteiger partial charge in [0.2, 0.25) is 0 Å². The molecule has 2 aromatic carbocycles. The Morgan fingerprint density at radius 3 is 1.46 bits per heavy atom. The smallest absolute Gasteiger partial charge is 0.346 e. The molecule has 1 heterocycles. The first-order chi connectivity index (χ1) is 16.4. The predicted octanol–water partition coefficient (Wildman–Crippen LogP) is 5.23. The number of benzene rings is 2. The van der Waals surface area contributed by atoms with E-state index < -0.39 is 23.9 Å². The number of fused-ring (bicyclic) bond motifs is 1. The van der Waals surface area contributed by atoms with Gasteiger partial charge in [0.1, 0.15) is 0 Å². The molecule has 0 saturated heterocycles. The summed E-state index contributed by atoms with van der Waals surface area (Å²) in [5.74, 6) is -2.07.